The summed E-state index contributed by atoms with van der Waals surface area (Å²) in [6.45, 7) is 3.69. The fraction of sp³-hybridized carbons (Fsp3) is 0.235. The molecule has 0 radical (unpaired) electrons. The Hall–Kier alpha value is -1.76. The molecule has 0 aliphatic carbocycles. The zero-order valence-electron chi connectivity index (χ0n) is 12.7. The second kappa shape index (κ2) is 7.49. The summed E-state index contributed by atoms with van der Waals surface area (Å²) in [6.07, 6.45) is -0.591. The van der Waals surface area contributed by atoms with Crippen LogP contribution >= 0.6 is 22.6 Å². The van der Waals surface area contributed by atoms with Crippen molar-refractivity contribution in [2.45, 2.75) is 20.0 Å². The van der Waals surface area contributed by atoms with Crippen LogP contribution in [0.2, 0.25) is 0 Å². The van der Waals surface area contributed by atoms with Crippen LogP contribution in [0.1, 0.15) is 12.5 Å². The van der Waals surface area contributed by atoms with Crippen LogP contribution in [0.4, 0.5) is 5.69 Å². The van der Waals surface area contributed by atoms with Gasteiger partial charge in [-0.1, -0.05) is 0 Å². The molecule has 22 heavy (non-hydrogen) atoms. The van der Waals surface area contributed by atoms with Gasteiger partial charge in [-0.15, -0.1) is 0 Å². The van der Waals surface area contributed by atoms with Crippen LogP contribution in [-0.4, -0.2) is 19.1 Å². The molecule has 0 aliphatic rings. The highest BCUT2D eigenvalue weighted by atomic mass is 127. The van der Waals surface area contributed by atoms with E-state index in [0.29, 0.717) is 5.75 Å². The Bertz CT molecular complexity index is 655. The standard InChI is InChI=1S/C17H18INO3/c1-11-10-13(18)4-9-16(11)19-17(20)12(2)22-15-7-5-14(21-3)6-8-15/h4-10,12H,1-3H3,(H,19,20). The fourth-order valence-electron chi connectivity index (χ4n) is 1.91. The van der Waals surface area contributed by atoms with E-state index in [4.69, 9.17) is 9.47 Å². The maximum atomic E-state index is 12.2. The van der Waals surface area contributed by atoms with Crippen molar-refractivity contribution in [2.24, 2.45) is 0 Å². The first-order valence-corrected chi connectivity index (χ1v) is 7.95. The Labute approximate surface area is 144 Å². The summed E-state index contributed by atoms with van der Waals surface area (Å²) in [7, 11) is 1.61. The summed E-state index contributed by atoms with van der Waals surface area (Å²) < 4.78 is 11.9. The number of amides is 1. The predicted octanol–water partition coefficient (Wildman–Crippen LogP) is 4.01. The normalized spacial score (nSPS) is 11.6. The molecule has 0 saturated heterocycles. The Balaban J connectivity index is 1.99. The summed E-state index contributed by atoms with van der Waals surface area (Å²) in [5, 5.41) is 2.89. The van der Waals surface area contributed by atoms with E-state index in [9.17, 15) is 4.79 Å². The van der Waals surface area contributed by atoms with E-state index in [1.54, 1.807) is 38.3 Å². The summed E-state index contributed by atoms with van der Waals surface area (Å²) in [4.78, 5) is 12.2. The number of carbonyl (C=O) groups is 1. The molecule has 0 bridgehead atoms. The Kier molecular flexibility index (Phi) is 5.65. The number of carbonyl (C=O) groups excluding carboxylic acids is 1. The van der Waals surface area contributed by atoms with Gasteiger partial charge in [0.1, 0.15) is 11.5 Å². The highest BCUT2D eigenvalue weighted by molar-refractivity contribution is 14.1. The molecule has 2 aromatic carbocycles. The molecule has 1 N–H and O–H groups in total. The highest BCUT2D eigenvalue weighted by Gasteiger charge is 2.15. The lowest BCUT2D eigenvalue weighted by Gasteiger charge is -2.16. The van der Waals surface area contributed by atoms with Crippen molar-refractivity contribution in [3.8, 4) is 11.5 Å². The molecular weight excluding hydrogens is 393 g/mol. The minimum absolute atomic E-state index is 0.180. The SMILES string of the molecule is COc1ccc(OC(C)C(=O)Nc2ccc(I)cc2C)cc1. The quantitative estimate of drug-likeness (QED) is 0.757. The van der Waals surface area contributed by atoms with Gasteiger partial charge in [-0.2, -0.15) is 0 Å². The first-order valence-electron chi connectivity index (χ1n) is 6.87. The fourth-order valence-corrected chi connectivity index (χ4v) is 2.56. The van der Waals surface area contributed by atoms with E-state index >= 15 is 0 Å². The lowest BCUT2D eigenvalue weighted by atomic mass is 10.2. The minimum Gasteiger partial charge on any atom is -0.497 e. The topological polar surface area (TPSA) is 47.6 Å². The number of ether oxygens (including phenoxy) is 2. The number of benzene rings is 2. The van der Waals surface area contributed by atoms with Crippen LogP contribution in [0.25, 0.3) is 0 Å². The van der Waals surface area contributed by atoms with Crippen molar-refractivity contribution in [1.29, 1.82) is 0 Å². The van der Waals surface area contributed by atoms with Gasteiger partial charge in [0.25, 0.3) is 5.91 Å². The summed E-state index contributed by atoms with van der Waals surface area (Å²) in [5.41, 5.74) is 1.83. The number of hydrogen-bond acceptors (Lipinski definition) is 3. The second-order valence-corrected chi connectivity index (χ2v) is 6.13. The smallest absolute Gasteiger partial charge is 0.265 e. The van der Waals surface area contributed by atoms with Crippen LogP contribution < -0.4 is 14.8 Å². The summed E-state index contributed by atoms with van der Waals surface area (Å²) in [6, 6.07) is 13.0. The number of hydrogen-bond donors (Lipinski definition) is 1. The molecule has 4 nitrogen and oxygen atoms in total. The van der Waals surface area contributed by atoms with E-state index in [-0.39, 0.29) is 5.91 Å². The molecule has 1 atom stereocenters. The third kappa shape index (κ3) is 4.37. The molecule has 0 aliphatic heterocycles. The number of halogens is 1. The van der Waals surface area contributed by atoms with E-state index in [1.807, 2.05) is 25.1 Å². The minimum atomic E-state index is -0.591. The Morgan fingerprint density at radius 1 is 1.14 bits per heavy atom. The van der Waals surface area contributed by atoms with Crippen molar-refractivity contribution in [2.75, 3.05) is 12.4 Å². The molecule has 1 amide bonds. The Morgan fingerprint density at radius 2 is 1.77 bits per heavy atom. The molecule has 0 heterocycles. The molecule has 0 saturated carbocycles. The molecule has 0 aromatic heterocycles. The molecule has 2 rings (SSSR count). The van der Waals surface area contributed by atoms with E-state index in [2.05, 4.69) is 27.9 Å². The largest absolute Gasteiger partial charge is 0.497 e. The predicted molar refractivity (Wildman–Crippen MR) is 95.6 cm³/mol. The van der Waals surface area contributed by atoms with Gasteiger partial charge in [-0.25, -0.2) is 0 Å². The third-order valence-electron chi connectivity index (χ3n) is 3.19. The lowest BCUT2D eigenvalue weighted by Crippen LogP contribution is -2.30. The molecule has 0 spiro atoms. The summed E-state index contributed by atoms with van der Waals surface area (Å²) >= 11 is 2.24. The zero-order chi connectivity index (χ0) is 16.1. The van der Waals surface area contributed by atoms with Crippen molar-refractivity contribution in [1.82, 2.24) is 0 Å². The van der Waals surface area contributed by atoms with Gasteiger partial charge in [0.15, 0.2) is 6.10 Å². The first-order chi connectivity index (χ1) is 10.5. The molecule has 1 unspecified atom stereocenters. The van der Waals surface area contributed by atoms with E-state index < -0.39 is 6.10 Å². The first kappa shape index (κ1) is 16.6. The molecule has 5 heteroatoms. The van der Waals surface area contributed by atoms with Crippen molar-refractivity contribution in [3.63, 3.8) is 0 Å². The number of aryl methyl sites for hydroxylation is 1. The van der Waals surface area contributed by atoms with Gasteiger partial charge >= 0.3 is 0 Å². The molecule has 116 valence electrons. The Morgan fingerprint density at radius 3 is 2.36 bits per heavy atom. The van der Waals surface area contributed by atoms with Gasteiger partial charge in [-0.05, 0) is 84.5 Å². The maximum Gasteiger partial charge on any atom is 0.265 e. The third-order valence-corrected chi connectivity index (χ3v) is 3.86. The molecular formula is C17H18INO3. The van der Waals surface area contributed by atoms with Crippen LogP contribution in [0.3, 0.4) is 0 Å². The lowest BCUT2D eigenvalue weighted by molar-refractivity contribution is -0.122. The molecule has 2 aromatic rings. The highest BCUT2D eigenvalue weighted by Crippen LogP contribution is 2.20. The van der Waals surface area contributed by atoms with Gasteiger partial charge in [0.05, 0.1) is 7.11 Å². The number of methoxy groups -OCH3 is 1. The van der Waals surface area contributed by atoms with E-state index in [1.165, 1.54) is 0 Å². The van der Waals surface area contributed by atoms with Gasteiger partial charge < -0.3 is 14.8 Å². The van der Waals surface area contributed by atoms with Gasteiger partial charge in [0, 0.05) is 9.26 Å². The second-order valence-electron chi connectivity index (χ2n) is 4.88. The average molecular weight is 411 g/mol. The van der Waals surface area contributed by atoms with Crippen LogP contribution in [0.5, 0.6) is 11.5 Å². The monoisotopic (exact) mass is 411 g/mol. The average Bonchev–Trinajstić information content (AvgIpc) is 2.50. The van der Waals surface area contributed by atoms with Gasteiger partial charge in [0.2, 0.25) is 0 Å². The summed E-state index contributed by atoms with van der Waals surface area (Å²) in [5.74, 6) is 1.20. The molecule has 0 fully saturated rings. The van der Waals surface area contributed by atoms with Crippen LogP contribution in [0, 0.1) is 10.5 Å². The number of nitrogens with one attached hydrogen (secondary N) is 1. The van der Waals surface area contributed by atoms with Gasteiger partial charge in [-0.3, -0.25) is 4.79 Å². The van der Waals surface area contributed by atoms with E-state index in [0.717, 1.165) is 20.6 Å². The van der Waals surface area contributed by atoms with Crippen LogP contribution in [-0.2, 0) is 4.79 Å². The zero-order valence-corrected chi connectivity index (χ0v) is 14.9. The van der Waals surface area contributed by atoms with Crippen molar-refractivity contribution < 1.29 is 14.3 Å². The number of rotatable bonds is 5. The maximum absolute atomic E-state index is 12.2. The van der Waals surface area contributed by atoms with Crippen LogP contribution in [0.15, 0.2) is 42.5 Å². The van der Waals surface area contributed by atoms with Crippen molar-refractivity contribution >= 4 is 34.2 Å². The van der Waals surface area contributed by atoms with Crippen molar-refractivity contribution in [3.05, 3.63) is 51.6 Å². The number of anilines is 1.